The van der Waals surface area contributed by atoms with Crippen LogP contribution in [0.1, 0.15) is 30.7 Å². The van der Waals surface area contributed by atoms with E-state index in [1.165, 1.54) is 0 Å². The molecule has 1 aromatic heterocycles. The van der Waals surface area contributed by atoms with Crippen molar-refractivity contribution in [1.82, 2.24) is 4.57 Å². The van der Waals surface area contributed by atoms with Gasteiger partial charge < -0.3 is 45.0 Å². The number of nitrogens with one attached hydrogen (secondary N) is 1. The Labute approximate surface area is 181 Å². The highest BCUT2D eigenvalue weighted by atomic mass is 31.3. The summed E-state index contributed by atoms with van der Waals surface area (Å²) in [6, 6.07) is 0. The minimum absolute atomic E-state index is 0.0676. The first-order chi connectivity index (χ1) is 14.6. The molecule has 2 aliphatic rings. The lowest BCUT2D eigenvalue weighted by atomic mass is 10.1. The van der Waals surface area contributed by atoms with Crippen LogP contribution in [0.2, 0.25) is 0 Å². The highest BCUT2D eigenvalue weighted by Gasteiger charge is 2.43. The number of hydrogen-bond donors (Lipinski definition) is 7. The SMILES string of the molecule is Cc1cn(C2CC(O)C(COP(=O)(O)OP(=O)(O)OP(=O)(O)O)O2)c2c1C(N)=NC(C)N2. The van der Waals surface area contributed by atoms with Crippen LogP contribution in [0.5, 0.6) is 0 Å². The number of ether oxygens (including phenoxy) is 1. The Morgan fingerprint density at radius 3 is 2.53 bits per heavy atom. The van der Waals surface area contributed by atoms with Gasteiger partial charge in [0.05, 0.1) is 18.3 Å². The van der Waals surface area contributed by atoms with Crippen molar-refractivity contribution in [2.45, 2.75) is 44.9 Å². The predicted molar refractivity (Wildman–Crippen MR) is 107 cm³/mol. The molecule has 1 saturated heterocycles. The molecular formula is C13H23N4O12P3. The number of aromatic nitrogens is 1. The smallest absolute Gasteiger partial charge is 0.390 e. The van der Waals surface area contributed by atoms with Crippen LogP contribution in [0.15, 0.2) is 11.2 Å². The van der Waals surface area contributed by atoms with Gasteiger partial charge in [0, 0.05) is 12.6 Å². The van der Waals surface area contributed by atoms with Crippen molar-refractivity contribution in [2.75, 3.05) is 11.9 Å². The molecule has 1 fully saturated rings. The third-order valence-corrected chi connectivity index (χ3v) is 8.29. The minimum Gasteiger partial charge on any atom is -0.390 e. The van der Waals surface area contributed by atoms with Gasteiger partial charge in [-0.25, -0.2) is 18.7 Å². The Morgan fingerprint density at radius 2 is 1.91 bits per heavy atom. The van der Waals surface area contributed by atoms with Crippen molar-refractivity contribution < 1.29 is 56.3 Å². The number of aliphatic hydroxyl groups is 1. The Bertz CT molecular complexity index is 1050. The molecule has 0 saturated carbocycles. The fourth-order valence-corrected chi connectivity index (χ4v) is 6.39. The number of amidine groups is 1. The number of rotatable bonds is 8. The van der Waals surface area contributed by atoms with E-state index in [4.69, 9.17) is 20.3 Å². The van der Waals surface area contributed by atoms with Gasteiger partial charge in [-0.2, -0.15) is 8.62 Å². The van der Waals surface area contributed by atoms with E-state index in [0.717, 1.165) is 5.56 Å². The van der Waals surface area contributed by atoms with Gasteiger partial charge in [-0.1, -0.05) is 0 Å². The molecule has 16 nitrogen and oxygen atoms in total. The zero-order valence-electron chi connectivity index (χ0n) is 16.7. The van der Waals surface area contributed by atoms with Crippen LogP contribution < -0.4 is 11.1 Å². The Morgan fingerprint density at radius 1 is 1.25 bits per heavy atom. The van der Waals surface area contributed by atoms with Crippen LogP contribution in [0, 0.1) is 6.92 Å². The van der Waals surface area contributed by atoms with Gasteiger partial charge in [-0.15, -0.1) is 0 Å². The Hall–Kier alpha value is -1.12. The summed E-state index contributed by atoms with van der Waals surface area (Å²) < 4.78 is 53.1. The van der Waals surface area contributed by atoms with Crippen molar-refractivity contribution in [3.05, 3.63) is 17.3 Å². The molecule has 8 N–H and O–H groups in total. The maximum atomic E-state index is 11.9. The van der Waals surface area contributed by atoms with Gasteiger partial charge >= 0.3 is 23.5 Å². The van der Waals surface area contributed by atoms with E-state index in [9.17, 15) is 28.6 Å². The molecule has 0 spiro atoms. The van der Waals surface area contributed by atoms with E-state index in [2.05, 4.69) is 23.5 Å². The zero-order chi connectivity index (χ0) is 24.1. The van der Waals surface area contributed by atoms with E-state index in [-0.39, 0.29) is 12.6 Å². The van der Waals surface area contributed by atoms with Crippen LogP contribution in [-0.2, 0) is 31.6 Å². The average Bonchev–Trinajstić information content (AvgIpc) is 3.09. The van der Waals surface area contributed by atoms with Crippen LogP contribution in [0.25, 0.3) is 0 Å². The van der Waals surface area contributed by atoms with Crippen molar-refractivity contribution in [2.24, 2.45) is 10.7 Å². The van der Waals surface area contributed by atoms with Gasteiger partial charge in [0.1, 0.15) is 30.2 Å². The Balaban J connectivity index is 1.66. The van der Waals surface area contributed by atoms with Crippen LogP contribution >= 0.6 is 23.5 Å². The predicted octanol–water partition coefficient (Wildman–Crippen LogP) is 0.265. The molecule has 0 aromatic carbocycles. The van der Waals surface area contributed by atoms with Crippen molar-refractivity contribution in [1.29, 1.82) is 0 Å². The third kappa shape index (κ3) is 6.06. The number of nitrogens with two attached hydrogens (primary N) is 1. The Kier molecular flexibility index (Phi) is 7.10. The number of aliphatic hydroxyl groups excluding tert-OH is 1. The first kappa shape index (κ1) is 25.5. The molecule has 6 atom stereocenters. The van der Waals surface area contributed by atoms with Crippen LogP contribution in [0.4, 0.5) is 5.82 Å². The standard InChI is InChI=1S/C13H23N4O12P3/c1-6-4-17(13-11(6)12(14)15-7(2)16-13)10-3-8(18)9(27-10)5-26-31(22,23)29-32(24,25)28-30(19,20)21/h4,7-10,16,18H,3,5H2,1-2H3,(H2,14,15)(H,22,23)(H,24,25)(H2,19,20,21). The fourth-order valence-electron chi connectivity index (χ4n) is 3.36. The highest BCUT2D eigenvalue weighted by molar-refractivity contribution is 7.66. The number of fused-ring (bicyclic) bond motifs is 1. The van der Waals surface area contributed by atoms with Gasteiger partial charge in [-0.3, -0.25) is 4.52 Å². The third-order valence-electron chi connectivity index (χ3n) is 4.49. The quantitative estimate of drug-likeness (QED) is 0.227. The molecule has 3 rings (SSSR count). The first-order valence-corrected chi connectivity index (χ1v) is 13.5. The fraction of sp³-hybridized carbons (Fsp3) is 0.615. The molecule has 0 aliphatic carbocycles. The lowest BCUT2D eigenvalue weighted by Gasteiger charge is -2.24. The normalized spacial score (nSPS) is 29.5. The summed E-state index contributed by atoms with van der Waals surface area (Å²) >= 11 is 0. The first-order valence-electron chi connectivity index (χ1n) is 9.00. The summed E-state index contributed by atoms with van der Waals surface area (Å²) in [5, 5.41) is 13.4. The van der Waals surface area contributed by atoms with E-state index in [1.807, 2.05) is 6.92 Å². The van der Waals surface area contributed by atoms with Crippen molar-refractivity contribution >= 4 is 35.1 Å². The largest absolute Gasteiger partial charge is 0.490 e. The van der Waals surface area contributed by atoms with Gasteiger partial charge in [0.25, 0.3) is 0 Å². The molecule has 182 valence electrons. The van der Waals surface area contributed by atoms with E-state index >= 15 is 0 Å². The number of anilines is 1. The summed E-state index contributed by atoms with van der Waals surface area (Å²) in [5.74, 6) is 0.957. The summed E-state index contributed by atoms with van der Waals surface area (Å²) in [7, 11) is -16.5. The minimum atomic E-state index is -5.63. The second-order valence-electron chi connectivity index (χ2n) is 7.10. The van der Waals surface area contributed by atoms with Crippen molar-refractivity contribution in [3.63, 3.8) is 0 Å². The highest BCUT2D eigenvalue weighted by Crippen LogP contribution is 2.66. The average molecular weight is 520 g/mol. The summed E-state index contributed by atoms with van der Waals surface area (Å²) in [6.45, 7) is 2.85. The molecule has 1 aromatic rings. The maximum Gasteiger partial charge on any atom is 0.490 e. The lowest BCUT2D eigenvalue weighted by molar-refractivity contribution is -0.0427. The van der Waals surface area contributed by atoms with E-state index < -0.39 is 48.5 Å². The number of aliphatic imine (C=N–C) groups is 1. The molecule has 2 aliphatic heterocycles. The molecule has 3 heterocycles. The topological polar surface area (TPSA) is 245 Å². The number of phosphoric acid groups is 3. The second kappa shape index (κ2) is 8.91. The van der Waals surface area contributed by atoms with Crippen molar-refractivity contribution in [3.8, 4) is 0 Å². The monoisotopic (exact) mass is 520 g/mol. The molecule has 19 heteroatoms. The zero-order valence-corrected chi connectivity index (χ0v) is 19.4. The number of nitrogens with zero attached hydrogens (tertiary/aromatic N) is 2. The molecule has 0 bridgehead atoms. The number of aryl methyl sites for hydroxylation is 1. The molecule has 0 radical (unpaired) electrons. The van der Waals surface area contributed by atoms with Crippen LogP contribution in [0.3, 0.4) is 0 Å². The number of phosphoric ester groups is 1. The summed E-state index contributed by atoms with van der Waals surface area (Å²) in [5.41, 5.74) is 7.48. The summed E-state index contributed by atoms with van der Waals surface area (Å²) in [6.07, 6.45) is -1.51. The summed E-state index contributed by atoms with van der Waals surface area (Å²) in [4.78, 5) is 40.0. The molecular weight excluding hydrogens is 497 g/mol. The number of hydrogen-bond acceptors (Lipinski definition) is 11. The van der Waals surface area contributed by atoms with Crippen LogP contribution in [-0.4, -0.2) is 60.1 Å². The van der Waals surface area contributed by atoms with Gasteiger partial charge in [0.15, 0.2) is 0 Å². The molecule has 32 heavy (non-hydrogen) atoms. The second-order valence-corrected chi connectivity index (χ2v) is 11.5. The van der Waals surface area contributed by atoms with E-state index in [1.54, 1.807) is 17.7 Å². The van der Waals surface area contributed by atoms with Gasteiger partial charge in [0.2, 0.25) is 0 Å². The van der Waals surface area contributed by atoms with E-state index in [0.29, 0.717) is 17.2 Å². The maximum absolute atomic E-state index is 11.9. The lowest BCUT2D eigenvalue weighted by Crippen LogP contribution is -2.29. The molecule has 0 amide bonds. The van der Waals surface area contributed by atoms with Gasteiger partial charge in [-0.05, 0) is 19.4 Å². The molecule has 6 unspecified atom stereocenters.